The lowest BCUT2D eigenvalue weighted by Gasteiger charge is -2.22. The van der Waals surface area contributed by atoms with E-state index in [4.69, 9.17) is 5.73 Å². The van der Waals surface area contributed by atoms with E-state index in [0.717, 1.165) is 12.5 Å². The molecule has 0 saturated carbocycles. The summed E-state index contributed by atoms with van der Waals surface area (Å²) in [5.41, 5.74) is 6.11. The summed E-state index contributed by atoms with van der Waals surface area (Å²) in [6.07, 6.45) is 0.443. The number of nitrogens with two attached hydrogens (primary N) is 1. The predicted octanol–water partition coefficient (Wildman–Crippen LogP) is 1.66. The van der Waals surface area contributed by atoms with E-state index in [9.17, 15) is 19.1 Å². The number of carbonyl (C=O) groups is 2. The number of aliphatic hydroxyl groups is 1. The monoisotopic (exact) mass is 354 g/mol. The minimum Gasteiger partial charge on any atom is -0.393 e. The van der Waals surface area contributed by atoms with E-state index in [2.05, 4.69) is 10.3 Å². The molecule has 3 atom stereocenters. The van der Waals surface area contributed by atoms with Gasteiger partial charge in [-0.25, -0.2) is 9.87 Å². The molecule has 7 heteroatoms. The van der Waals surface area contributed by atoms with Gasteiger partial charge in [-0.05, 0) is 44.6 Å². The molecular weight excluding hydrogens is 327 g/mol. The van der Waals surface area contributed by atoms with Gasteiger partial charge in [0, 0.05) is 5.92 Å². The highest BCUT2D eigenvalue weighted by Gasteiger charge is 2.33. The van der Waals surface area contributed by atoms with Gasteiger partial charge in [0.2, 0.25) is 5.91 Å². The topological polar surface area (TPSA) is 102 Å². The fourth-order valence-electron chi connectivity index (χ4n) is 2.53. The molecule has 1 aromatic rings. The Bertz CT molecular complexity index is 551. The molecule has 4 N–H and O–H groups in total. The minimum absolute atomic E-state index is 0.0769. The Kier molecular flexibility index (Phi) is 8.51. The largest absolute Gasteiger partial charge is 0.393 e. The molecule has 0 spiro atoms. The molecule has 1 unspecified atom stereocenters. The van der Waals surface area contributed by atoms with Crippen molar-refractivity contribution in [3.8, 4) is 0 Å². The molecule has 0 heterocycles. The third kappa shape index (κ3) is 7.62. The van der Waals surface area contributed by atoms with E-state index in [1.165, 1.54) is 7.11 Å². The molecule has 0 aliphatic heterocycles. The molecule has 0 bridgehead atoms. The lowest BCUT2D eigenvalue weighted by atomic mass is 9.89. The number of nitrogens with one attached hydrogen (secondary N) is 1. The zero-order valence-electron chi connectivity index (χ0n) is 14.7. The van der Waals surface area contributed by atoms with Crippen LogP contribution in [0.3, 0.4) is 0 Å². The van der Waals surface area contributed by atoms with Crippen LogP contribution in [-0.2, 0) is 20.8 Å². The van der Waals surface area contributed by atoms with Gasteiger partial charge in [-0.2, -0.15) is 0 Å². The van der Waals surface area contributed by atoms with Crippen molar-refractivity contribution in [3.63, 3.8) is 0 Å². The summed E-state index contributed by atoms with van der Waals surface area (Å²) in [5, 5.41) is 10.2. The number of hydrogen-bond donors (Lipinski definition) is 3. The zero-order valence-corrected chi connectivity index (χ0v) is 14.7. The first-order valence-corrected chi connectivity index (χ1v) is 8.30. The van der Waals surface area contributed by atoms with E-state index >= 15 is 0 Å². The Morgan fingerprint density at radius 2 is 1.96 bits per heavy atom. The first-order chi connectivity index (χ1) is 11.8. The van der Waals surface area contributed by atoms with Crippen molar-refractivity contribution in [1.29, 1.82) is 0 Å². The lowest BCUT2D eigenvalue weighted by molar-refractivity contribution is -0.138. The predicted molar refractivity (Wildman–Crippen MR) is 92.0 cm³/mol. The summed E-state index contributed by atoms with van der Waals surface area (Å²) in [6.45, 7) is 1.09. The van der Waals surface area contributed by atoms with Gasteiger partial charge in [0.15, 0.2) is 5.67 Å². The molecule has 1 rings (SSSR count). The zero-order chi connectivity index (χ0) is 18.9. The van der Waals surface area contributed by atoms with Crippen LogP contribution < -0.4 is 11.2 Å². The molecule has 0 aromatic heterocycles. The third-order valence-corrected chi connectivity index (χ3v) is 4.22. The van der Waals surface area contributed by atoms with Crippen molar-refractivity contribution in [2.45, 2.75) is 50.8 Å². The lowest BCUT2D eigenvalue weighted by Crippen LogP contribution is -2.39. The van der Waals surface area contributed by atoms with Gasteiger partial charge in [0.05, 0.1) is 13.2 Å². The third-order valence-electron chi connectivity index (χ3n) is 4.22. The quantitative estimate of drug-likeness (QED) is 0.526. The molecule has 0 aliphatic rings. The first-order valence-electron chi connectivity index (χ1n) is 8.30. The molecule has 0 saturated heterocycles. The van der Waals surface area contributed by atoms with Crippen LogP contribution in [0.15, 0.2) is 30.3 Å². The van der Waals surface area contributed by atoms with E-state index < -0.39 is 29.5 Å². The Morgan fingerprint density at radius 1 is 1.32 bits per heavy atom. The summed E-state index contributed by atoms with van der Waals surface area (Å²) in [5.74, 6) is -2.20. The normalized spacial score (nSPS) is 15.8. The maximum Gasteiger partial charge on any atom is 0.254 e. The summed E-state index contributed by atoms with van der Waals surface area (Å²) in [7, 11) is 1.30. The van der Waals surface area contributed by atoms with E-state index in [1.54, 1.807) is 0 Å². The number of amides is 2. The van der Waals surface area contributed by atoms with Gasteiger partial charge in [-0.3, -0.25) is 14.4 Å². The Hall–Kier alpha value is -1.99. The standard InChI is InChI=1S/C18H27FN2O4/c1-18(19,17(20)24)11-10-14(16(23)21-25-2)12-15(22)9-8-13-6-4-3-5-7-13/h3-7,14-15,22H,8-12H2,1-2H3,(H2,20,24)(H,21,23)/t14-,15+,18?/m1/s1. The van der Waals surface area contributed by atoms with Gasteiger partial charge in [0.25, 0.3) is 5.91 Å². The van der Waals surface area contributed by atoms with Crippen molar-refractivity contribution in [2.24, 2.45) is 11.7 Å². The second-order valence-corrected chi connectivity index (χ2v) is 6.38. The molecule has 0 radical (unpaired) electrons. The summed E-state index contributed by atoms with van der Waals surface area (Å²) >= 11 is 0. The number of carbonyl (C=O) groups excluding carboxylic acids is 2. The van der Waals surface area contributed by atoms with Crippen molar-refractivity contribution in [3.05, 3.63) is 35.9 Å². The molecule has 2 amide bonds. The number of benzene rings is 1. The van der Waals surface area contributed by atoms with Gasteiger partial charge < -0.3 is 10.8 Å². The van der Waals surface area contributed by atoms with Crippen molar-refractivity contribution in [1.82, 2.24) is 5.48 Å². The average molecular weight is 354 g/mol. The fourth-order valence-corrected chi connectivity index (χ4v) is 2.53. The van der Waals surface area contributed by atoms with Crippen LogP contribution in [0.1, 0.15) is 38.2 Å². The van der Waals surface area contributed by atoms with Crippen LogP contribution in [0.5, 0.6) is 0 Å². The number of hydroxylamine groups is 1. The Balaban J connectivity index is 2.59. The van der Waals surface area contributed by atoms with Crippen LogP contribution in [0.4, 0.5) is 4.39 Å². The maximum absolute atomic E-state index is 14.0. The number of alkyl halides is 1. The van der Waals surface area contributed by atoms with Crippen LogP contribution >= 0.6 is 0 Å². The van der Waals surface area contributed by atoms with Gasteiger partial charge in [-0.15, -0.1) is 0 Å². The molecule has 140 valence electrons. The number of rotatable bonds is 11. The minimum atomic E-state index is -2.19. The number of halogens is 1. The van der Waals surface area contributed by atoms with Gasteiger partial charge in [0.1, 0.15) is 0 Å². The second-order valence-electron chi connectivity index (χ2n) is 6.38. The number of aryl methyl sites for hydroxylation is 1. The molecule has 0 fully saturated rings. The van der Waals surface area contributed by atoms with Crippen LogP contribution in [0, 0.1) is 5.92 Å². The number of hydrogen-bond acceptors (Lipinski definition) is 4. The van der Waals surface area contributed by atoms with Crippen LogP contribution in [0.2, 0.25) is 0 Å². The van der Waals surface area contributed by atoms with E-state index in [0.29, 0.717) is 12.8 Å². The highest BCUT2D eigenvalue weighted by molar-refractivity contribution is 5.83. The first kappa shape index (κ1) is 21.1. The molecule has 0 aliphatic carbocycles. The van der Waals surface area contributed by atoms with Crippen LogP contribution in [-0.4, -0.2) is 35.8 Å². The highest BCUT2D eigenvalue weighted by Crippen LogP contribution is 2.24. The Labute approximate surface area is 147 Å². The maximum atomic E-state index is 14.0. The van der Waals surface area contributed by atoms with E-state index in [-0.39, 0.29) is 19.3 Å². The number of primary amides is 1. The van der Waals surface area contributed by atoms with Crippen LogP contribution in [0.25, 0.3) is 0 Å². The SMILES string of the molecule is CONC(=O)[C@H](CCC(C)(F)C(N)=O)C[C@@H](O)CCc1ccccc1. The summed E-state index contributed by atoms with van der Waals surface area (Å²) in [4.78, 5) is 27.7. The fraction of sp³-hybridized carbons (Fsp3) is 0.556. The number of aliphatic hydroxyl groups excluding tert-OH is 1. The Morgan fingerprint density at radius 3 is 2.52 bits per heavy atom. The van der Waals surface area contributed by atoms with Crippen molar-refractivity contribution in [2.75, 3.05) is 7.11 Å². The molecule has 1 aromatic carbocycles. The highest BCUT2D eigenvalue weighted by atomic mass is 19.1. The molecular formula is C18H27FN2O4. The second kappa shape index (κ2) is 10.1. The smallest absolute Gasteiger partial charge is 0.254 e. The van der Waals surface area contributed by atoms with E-state index in [1.807, 2.05) is 30.3 Å². The van der Waals surface area contributed by atoms with Crippen molar-refractivity contribution >= 4 is 11.8 Å². The van der Waals surface area contributed by atoms with Gasteiger partial charge in [-0.1, -0.05) is 30.3 Å². The summed E-state index contributed by atoms with van der Waals surface area (Å²) in [6, 6.07) is 9.68. The van der Waals surface area contributed by atoms with Gasteiger partial charge >= 0.3 is 0 Å². The molecule has 6 nitrogen and oxygen atoms in total. The summed E-state index contributed by atoms with van der Waals surface area (Å²) < 4.78 is 14.0. The molecule has 25 heavy (non-hydrogen) atoms. The average Bonchev–Trinajstić information content (AvgIpc) is 2.57. The van der Waals surface area contributed by atoms with Crippen molar-refractivity contribution < 1.29 is 23.9 Å².